The van der Waals surface area contributed by atoms with E-state index in [1.165, 1.54) is 6.33 Å². The van der Waals surface area contributed by atoms with E-state index in [1.807, 2.05) is 0 Å². The van der Waals surface area contributed by atoms with Gasteiger partial charge in [0.1, 0.15) is 10.0 Å². The Morgan fingerprint density at radius 3 is 2.44 bits per heavy atom. The van der Waals surface area contributed by atoms with Gasteiger partial charge in [0, 0.05) is 0 Å². The van der Waals surface area contributed by atoms with Crippen LogP contribution in [0.1, 0.15) is 19.5 Å². The molecule has 7 heteroatoms. The number of halogens is 1. The lowest BCUT2D eigenvalue weighted by Gasteiger charge is -2.16. The van der Waals surface area contributed by atoms with Crippen molar-refractivity contribution in [3.8, 4) is 0 Å². The molecule has 0 N–H and O–H groups in total. The minimum absolute atomic E-state index is 0.188. The van der Waals surface area contributed by atoms with Gasteiger partial charge in [-0.3, -0.25) is 4.57 Å². The Kier molecular flexibility index (Phi) is 5.82. The van der Waals surface area contributed by atoms with E-state index < -0.39 is 7.60 Å². The van der Waals surface area contributed by atoms with Crippen molar-refractivity contribution in [3.63, 3.8) is 0 Å². The lowest BCUT2D eigenvalue weighted by molar-refractivity contribution is 0.219. The van der Waals surface area contributed by atoms with Gasteiger partial charge in [0.05, 0.1) is 25.1 Å². The van der Waals surface area contributed by atoms with Crippen molar-refractivity contribution >= 4 is 30.2 Å². The molecule has 0 aliphatic carbocycles. The molecule has 1 rings (SSSR count). The molecule has 0 aromatic carbocycles. The average molecular weight is 356 g/mol. The molecule has 0 bridgehead atoms. The highest BCUT2D eigenvalue weighted by Crippen LogP contribution is 2.50. The van der Waals surface area contributed by atoms with E-state index in [0.717, 1.165) is 3.70 Å². The van der Waals surface area contributed by atoms with Crippen molar-refractivity contribution < 1.29 is 13.6 Å². The highest BCUT2D eigenvalue weighted by Gasteiger charge is 2.24. The topological polar surface area (TPSA) is 61.3 Å². The smallest absolute Gasteiger partial charge is 0.309 e. The fraction of sp³-hybridized carbons (Fsp3) is 0.556. The highest BCUT2D eigenvalue weighted by atomic mass is 127. The van der Waals surface area contributed by atoms with E-state index in [4.69, 9.17) is 9.05 Å². The van der Waals surface area contributed by atoms with Gasteiger partial charge in [-0.05, 0) is 42.5 Å². The van der Waals surface area contributed by atoms with Crippen LogP contribution >= 0.6 is 30.2 Å². The summed E-state index contributed by atoms with van der Waals surface area (Å²) in [4.78, 5) is 8.01. The summed E-state index contributed by atoms with van der Waals surface area (Å²) in [5.41, 5.74) is 0.671. The molecule has 0 spiro atoms. The van der Waals surface area contributed by atoms with Crippen molar-refractivity contribution in [3.05, 3.63) is 21.8 Å². The van der Waals surface area contributed by atoms with Crippen LogP contribution in [0.5, 0.6) is 0 Å². The lowest BCUT2D eigenvalue weighted by atomic mass is 10.5. The summed E-state index contributed by atoms with van der Waals surface area (Å²) >= 11 is 2.08. The molecule has 0 radical (unpaired) electrons. The number of nitrogens with zero attached hydrogens (tertiary/aromatic N) is 2. The summed E-state index contributed by atoms with van der Waals surface area (Å²) in [6, 6.07) is 1.77. The summed E-state index contributed by atoms with van der Waals surface area (Å²) in [5, 5.41) is 0. The second kappa shape index (κ2) is 6.64. The van der Waals surface area contributed by atoms with Crippen molar-refractivity contribution in [2.24, 2.45) is 0 Å². The molecule has 0 unspecified atom stereocenters. The second-order valence-electron chi connectivity index (χ2n) is 2.94. The van der Waals surface area contributed by atoms with Gasteiger partial charge >= 0.3 is 7.60 Å². The molecule has 90 valence electrons. The Bertz CT molecular complexity index is 379. The molecule has 1 heterocycles. The molecule has 1 aromatic heterocycles. The number of aromatic nitrogens is 2. The van der Waals surface area contributed by atoms with Gasteiger partial charge in [0.2, 0.25) is 0 Å². The number of hydrogen-bond acceptors (Lipinski definition) is 5. The Morgan fingerprint density at radius 2 is 1.94 bits per heavy atom. The fourth-order valence-electron chi connectivity index (χ4n) is 1.18. The van der Waals surface area contributed by atoms with Crippen LogP contribution in [0.4, 0.5) is 0 Å². The van der Waals surface area contributed by atoms with Crippen molar-refractivity contribution in [2.45, 2.75) is 20.0 Å². The first-order chi connectivity index (χ1) is 7.59. The molecule has 5 nitrogen and oxygen atoms in total. The maximum atomic E-state index is 12.2. The molecule has 0 aliphatic heterocycles. The summed E-state index contributed by atoms with van der Waals surface area (Å²) in [7, 11) is -3.05. The van der Waals surface area contributed by atoms with Crippen LogP contribution in [-0.2, 0) is 19.8 Å². The third kappa shape index (κ3) is 4.45. The van der Waals surface area contributed by atoms with Crippen LogP contribution in [0.25, 0.3) is 0 Å². The van der Waals surface area contributed by atoms with Gasteiger partial charge in [-0.15, -0.1) is 0 Å². The van der Waals surface area contributed by atoms with Gasteiger partial charge in [0.25, 0.3) is 0 Å². The molecule has 0 saturated carbocycles. The average Bonchev–Trinajstić information content (AvgIpc) is 2.17. The first-order valence-corrected chi connectivity index (χ1v) is 7.75. The SMILES string of the molecule is CCOP(=O)(Cc1cc(I)ncn1)OCC. The second-order valence-corrected chi connectivity index (χ2v) is 6.10. The minimum atomic E-state index is -3.05. The molecule has 0 atom stereocenters. The predicted molar refractivity (Wildman–Crippen MR) is 69.3 cm³/mol. The van der Waals surface area contributed by atoms with Crippen LogP contribution in [0.3, 0.4) is 0 Å². The molecule has 0 amide bonds. The lowest BCUT2D eigenvalue weighted by Crippen LogP contribution is -2.01. The molecule has 16 heavy (non-hydrogen) atoms. The van der Waals surface area contributed by atoms with Gasteiger partial charge < -0.3 is 9.05 Å². The van der Waals surface area contributed by atoms with Gasteiger partial charge in [-0.2, -0.15) is 0 Å². The summed E-state index contributed by atoms with van der Waals surface area (Å²) in [6.45, 7) is 4.30. The van der Waals surface area contributed by atoms with Crippen LogP contribution < -0.4 is 0 Å². The van der Waals surface area contributed by atoms with Crippen LogP contribution in [0, 0.1) is 3.70 Å². The van der Waals surface area contributed by atoms with Gasteiger partial charge in [0.15, 0.2) is 0 Å². The predicted octanol–water partition coefficient (Wildman–Crippen LogP) is 2.85. The van der Waals surface area contributed by atoms with E-state index in [-0.39, 0.29) is 6.16 Å². The van der Waals surface area contributed by atoms with E-state index in [0.29, 0.717) is 18.9 Å². The maximum absolute atomic E-state index is 12.2. The van der Waals surface area contributed by atoms with E-state index >= 15 is 0 Å². The zero-order valence-corrected chi connectivity index (χ0v) is 12.3. The summed E-state index contributed by atoms with van der Waals surface area (Å²) in [6.07, 6.45) is 1.63. The molecular formula is C9H14IN2O3P. The van der Waals surface area contributed by atoms with Crippen molar-refractivity contribution in [2.75, 3.05) is 13.2 Å². The maximum Gasteiger partial charge on any atom is 0.336 e. The molecule has 1 aromatic rings. The quantitative estimate of drug-likeness (QED) is 0.446. The first-order valence-electron chi connectivity index (χ1n) is 4.94. The van der Waals surface area contributed by atoms with Crippen LogP contribution in [0.15, 0.2) is 12.4 Å². The Hall–Kier alpha value is -0.0400. The zero-order valence-electron chi connectivity index (χ0n) is 9.22. The number of hydrogen-bond donors (Lipinski definition) is 0. The molecule has 0 fully saturated rings. The zero-order chi connectivity index (χ0) is 12.0. The first kappa shape index (κ1) is 14.0. The van der Waals surface area contributed by atoms with E-state index in [9.17, 15) is 4.57 Å². The van der Waals surface area contributed by atoms with E-state index in [1.54, 1.807) is 19.9 Å². The number of rotatable bonds is 6. The van der Waals surface area contributed by atoms with E-state index in [2.05, 4.69) is 32.6 Å². The normalized spacial score (nSPS) is 11.7. The Balaban J connectivity index is 2.79. The molecule has 0 saturated heterocycles. The third-order valence-corrected chi connectivity index (χ3v) is 4.30. The fourth-order valence-corrected chi connectivity index (χ4v) is 3.27. The van der Waals surface area contributed by atoms with Gasteiger partial charge in [-0.25, -0.2) is 9.97 Å². The summed E-state index contributed by atoms with van der Waals surface area (Å²) in [5.74, 6) is 0. The van der Waals surface area contributed by atoms with Crippen molar-refractivity contribution in [1.82, 2.24) is 9.97 Å². The highest BCUT2D eigenvalue weighted by molar-refractivity contribution is 14.1. The van der Waals surface area contributed by atoms with Crippen molar-refractivity contribution in [1.29, 1.82) is 0 Å². The minimum Gasteiger partial charge on any atom is -0.309 e. The largest absolute Gasteiger partial charge is 0.336 e. The Labute approximate surface area is 109 Å². The van der Waals surface area contributed by atoms with Gasteiger partial charge in [-0.1, -0.05) is 0 Å². The van der Waals surface area contributed by atoms with Crippen LogP contribution in [-0.4, -0.2) is 23.2 Å². The summed E-state index contributed by atoms with van der Waals surface area (Å²) < 4.78 is 23.4. The molecule has 0 aliphatic rings. The monoisotopic (exact) mass is 356 g/mol. The molecular weight excluding hydrogens is 342 g/mol. The standard InChI is InChI=1S/C9H14IN2O3P/c1-3-14-16(13,15-4-2)6-8-5-9(10)12-7-11-8/h5,7H,3-4,6H2,1-2H3. The Morgan fingerprint density at radius 1 is 1.31 bits per heavy atom. The third-order valence-electron chi connectivity index (χ3n) is 1.70. The van der Waals surface area contributed by atoms with Crippen LogP contribution in [0.2, 0.25) is 0 Å².